The van der Waals surface area contributed by atoms with Gasteiger partial charge in [0.05, 0.1) is 10.6 Å². The number of carboxylic acids is 1. The molecule has 7 heteroatoms. The highest BCUT2D eigenvalue weighted by molar-refractivity contribution is 7.85. The quantitative estimate of drug-likeness (QED) is 0.618. The van der Waals surface area contributed by atoms with Gasteiger partial charge in [0.25, 0.3) is 10.1 Å². The number of aliphatic imine (C=N–C) groups is 1. The van der Waals surface area contributed by atoms with Crippen molar-refractivity contribution in [1.29, 1.82) is 0 Å². The molecular formula is C15H19NO5S. The molecule has 0 saturated heterocycles. The van der Waals surface area contributed by atoms with Crippen LogP contribution in [0.15, 0.2) is 28.1 Å². The van der Waals surface area contributed by atoms with Gasteiger partial charge in [-0.3, -0.25) is 14.3 Å². The van der Waals surface area contributed by atoms with Gasteiger partial charge in [0, 0.05) is 17.5 Å². The largest absolute Gasteiger partial charge is 0.481 e. The highest BCUT2D eigenvalue weighted by Gasteiger charge is 2.37. The lowest BCUT2D eigenvalue weighted by atomic mass is 9.76. The number of benzene rings is 1. The lowest BCUT2D eigenvalue weighted by Crippen LogP contribution is -2.27. The summed E-state index contributed by atoms with van der Waals surface area (Å²) in [6.07, 6.45) is 2.05. The predicted octanol–water partition coefficient (Wildman–Crippen LogP) is 2.94. The molecule has 1 aromatic rings. The monoisotopic (exact) mass is 325 g/mol. The van der Waals surface area contributed by atoms with E-state index < -0.39 is 21.5 Å². The standard InChI is InChI=1S/C15H19NO5S/c1-10-15(2,8-4-3-5-14(17)18)12-9-11(22(19,20)21)6-7-13(12)16-10/h6-7,9H,3-5,8H2,1-2H3,(H,17,18)(H,19,20,21). The summed E-state index contributed by atoms with van der Waals surface area (Å²) in [5.74, 6) is -0.823. The minimum atomic E-state index is -4.26. The van der Waals surface area contributed by atoms with Gasteiger partial charge in [-0.25, -0.2) is 0 Å². The highest BCUT2D eigenvalue weighted by Crippen LogP contribution is 2.44. The molecule has 1 atom stereocenters. The number of rotatable bonds is 6. The van der Waals surface area contributed by atoms with Crippen LogP contribution in [0.1, 0.15) is 45.1 Å². The zero-order valence-corrected chi connectivity index (χ0v) is 13.4. The van der Waals surface area contributed by atoms with E-state index in [0.717, 1.165) is 11.3 Å². The molecule has 0 aliphatic carbocycles. The van der Waals surface area contributed by atoms with E-state index in [1.165, 1.54) is 12.1 Å². The van der Waals surface area contributed by atoms with Gasteiger partial charge in [0.15, 0.2) is 0 Å². The van der Waals surface area contributed by atoms with Gasteiger partial charge in [-0.1, -0.05) is 13.3 Å². The Balaban J connectivity index is 2.27. The first kappa shape index (κ1) is 16.6. The van der Waals surface area contributed by atoms with E-state index in [1.807, 2.05) is 13.8 Å². The van der Waals surface area contributed by atoms with Crippen molar-refractivity contribution < 1.29 is 22.9 Å². The zero-order chi connectivity index (χ0) is 16.5. The van der Waals surface area contributed by atoms with E-state index in [0.29, 0.717) is 24.9 Å². The van der Waals surface area contributed by atoms with Crippen LogP contribution < -0.4 is 0 Å². The minimum Gasteiger partial charge on any atom is -0.481 e. The fourth-order valence-electron chi connectivity index (χ4n) is 2.78. The molecule has 0 spiro atoms. The summed E-state index contributed by atoms with van der Waals surface area (Å²) in [5, 5.41) is 8.69. The van der Waals surface area contributed by atoms with Crippen molar-refractivity contribution in [2.24, 2.45) is 4.99 Å². The SMILES string of the molecule is CC1=Nc2ccc(S(=O)(=O)O)cc2C1(C)CCCCC(=O)O. The predicted molar refractivity (Wildman–Crippen MR) is 82.5 cm³/mol. The molecular weight excluding hydrogens is 306 g/mol. The molecule has 2 N–H and O–H groups in total. The first-order chi connectivity index (χ1) is 10.1. The van der Waals surface area contributed by atoms with E-state index in [4.69, 9.17) is 5.11 Å². The Morgan fingerprint density at radius 3 is 2.59 bits per heavy atom. The van der Waals surface area contributed by atoms with E-state index in [9.17, 15) is 17.8 Å². The van der Waals surface area contributed by atoms with Crippen molar-refractivity contribution in [1.82, 2.24) is 0 Å². The summed E-state index contributed by atoms with van der Waals surface area (Å²) in [6, 6.07) is 4.38. The van der Waals surface area contributed by atoms with Crippen molar-refractivity contribution >= 4 is 27.5 Å². The molecule has 0 saturated carbocycles. The summed E-state index contributed by atoms with van der Waals surface area (Å²) >= 11 is 0. The van der Waals surface area contributed by atoms with Gasteiger partial charge in [-0.15, -0.1) is 0 Å². The highest BCUT2D eigenvalue weighted by atomic mass is 32.2. The molecule has 1 aromatic carbocycles. The zero-order valence-electron chi connectivity index (χ0n) is 12.5. The Morgan fingerprint density at radius 1 is 1.32 bits per heavy atom. The van der Waals surface area contributed by atoms with Gasteiger partial charge >= 0.3 is 5.97 Å². The van der Waals surface area contributed by atoms with Crippen LogP contribution >= 0.6 is 0 Å². The smallest absolute Gasteiger partial charge is 0.303 e. The van der Waals surface area contributed by atoms with Gasteiger partial charge in [-0.05, 0) is 43.5 Å². The van der Waals surface area contributed by atoms with E-state index in [-0.39, 0.29) is 11.3 Å². The molecule has 1 aliphatic heterocycles. The minimum absolute atomic E-state index is 0.115. The number of nitrogens with zero attached hydrogens (tertiary/aromatic N) is 1. The van der Waals surface area contributed by atoms with Crippen LogP contribution in [0, 0.1) is 0 Å². The maximum Gasteiger partial charge on any atom is 0.303 e. The summed E-state index contributed by atoms with van der Waals surface area (Å²) in [5.41, 5.74) is 1.89. The Morgan fingerprint density at radius 2 is 2.00 bits per heavy atom. The van der Waals surface area contributed by atoms with Crippen LogP contribution in [-0.4, -0.2) is 29.8 Å². The molecule has 1 heterocycles. The number of aliphatic carboxylic acids is 1. The summed E-state index contributed by atoms with van der Waals surface area (Å²) in [6.45, 7) is 3.84. The molecule has 0 radical (unpaired) electrons. The van der Waals surface area contributed by atoms with Gasteiger partial charge in [0.2, 0.25) is 0 Å². The third-order valence-corrected chi connectivity index (χ3v) is 5.11. The number of unbranched alkanes of at least 4 members (excludes halogenated alkanes) is 1. The second-order valence-corrected chi connectivity index (χ2v) is 7.21. The molecule has 0 aromatic heterocycles. The summed E-state index contributed by atoms with van der Waals surface area (Å²) in [4.78, 5) is 14.9. The normalized spacial score (nSPS) is 20.6. The topological polar surface area (TPSA) is 104 Å². The summed E-state index contributed by atoms with van der Waals surface area (Å²) in [7, 11) is -4.26. The Labute approximate surface area is 129 Å². The molecule has 0 fully saturated rings. The number of carboxylic acid groups (broad SMARTS) is 1. The molecule has 1 aliphatic rings. The lowest BCUT2D eigenvalue weighted by molar-refractivity contribution is -0.137. The summed E-state index contributed by atoms with van der Waals surface area (Å²) < 4.78 is 31.8. The van der Waals surface area contributed by atoms with E-state index >= 15 is 0 Å². The van der Waals surface area contributed by atoms with Crippen LogP contribution in [0.5, 0.6) is 0 Å². The Hall–Kier alpha value is -1.73. The first-order valence-corrected chi connectivity index (χ1v) is 8.48. The molecule has 0 amide bonds. The maximum atomic E-state index is 11.3. The van der Waals surface area contributed by atoms with Crippen molar-refractivity contribution in [2.45, 2.75) is 49.8 Å². The maximum absolute atomic E-state index is 11.3. The molecule has 22 heavy (non-hydrogen) atoms. The lowest BCUT2D eigenvalue weighted by Gasteiger charge is -2.26. The second kappa shape index (κ2) is 5.81. The van der Waals surface area contributed by atoms with Crippen molar-refractivity contribution in [2.75, 3.05) is 0 Å². The number of fused-ring (bicyclic) bond motifs is 1. The number of hydrogen-bond donors (Lipinski definition) is 2. The fraction of sp³-hybridized carbons (Fsp3) is 0.467. The third kappa shape index (κ3) is 3.20. The second-order valence-electron chi connectivity index (χ2n) is 5.78. The Kier molecular flexibility index (Phi) is 4.39. The Bertz CT molecular complexity index is 738. The van der Waals surface area contributed by atoms with Gasteiger partial charge in [0.1, 0.15) is 0 Å². The molecule has 1 unspecified atom stereocenters. The van der Waals surface area contributed by atoms with Crippen molar-refractivity contribution in [3.63, 3.8) is 0 Å². The molecule has 0 bridgehead atoms. The fourth-order valence-corrected chi connectivity index (χ4v) is 3.29. The van der Waals surface area contributed by atoms with Crippen LogP contribution in [0.3, 0.4) is 0 Å². The number of hydrogen-bond acceptors (Lipinski definition) is 4. The average molecular weight is 325 g/mol. The van der Waals surface area contributed by atoms with Crippen molar-refractivity contribution in [3.8, 4) is 0 Å². The molecule has 120 valence electrons. The van der Waals surface area contributed by atoms with Crippen LogP contribution in [0.2, 0.25) is 0 Å². The van der Waals surface area contributed by atoms with Crippen LogP contribution in [0.4, 0.5) is 5.69 Å². The van der Waals surface area contributed by atoms with Gasteiger partial charge < -0.3 is 5.11 Å². The molecule has 6 nitrogen and oxygen atoms in total. The van der Waals surface area contributed by atoms with Gasteiger partial charge in [-0.2, -0.15) is 8.42 Å². The third-order valence-electron chi connectivity index (χ3n) is 4.26. The number of carbonyl (C=O) groups is 1. The molecule has 2 rings (SSSR count). The van der Waals surface area contributed by atoms with Crippen molar-refractivity contribution in [3.05, 3.63) is 23.8 Å². The van der Waals surface area contributed by atoms with E-state index in [1.54, 1.807) is 6.07 Å². The van der Waals surface area contributed by atoms with Crippen LogP contribution in [-0.2, 0) is 20.3 Å². The van der Waals surface area contributed by atoms with Crippen LogP contribution in [0.25, 0.3) is 0 Å². The van der Waals surface area contributed by atoms with E-state index in [2.05, 4.69) is 4.99 Å². The average Bonchev–Trinajstić information content (AvgIpc) is 2.66. The first-order valence-electron chi connectivity index (χ1n) is 7.04.